The molecule has 0 spiro atoms. The van der Waals surface area contributed by atoms with E-state index in [2.05, 4.69) is 6.92 Å². The van der Waals surface area contributed by atoms with Gasteiger partial charge in [0.2, 0.25) is 0 Å². The molecule has 0 saturated heterocycles. The van der Waals surface area contributed by atoms with Gasteiger partial charge >= 0.3 is 0 Å². The van der Waals surface area contributed by atoms with Crippen LogP contribution in [0.1, 0.15) is 28.0 Å². The number of aryl methyl sites for hydroxylation is 2. The van der Waals surface area contributed by atoms with Gasteiger partial charge in [-0.2, -0.15) is 0 Å². The van der Waals surface area contributed by atoms with E-state index in [4.69, 9.17) is 5.73 Å². The molecule has 1 aromatic heterocycles. The summed E-state index contributed by atoms with van der Waals surface area (Å²) in [7, 11) is 0. The third-order valence-corrected chi connectivity index (χ3v) is 4.48. The van der Waals surface area contributed by atoms with Crippen molar-refractivity contribution in [3.63, 3.8) is 0 Å². The molecule has 0 amide bonds. The van der Waals surface area contributed by atoms with Gasteiger partial charge in [-0.05, 0) is 54.5 Å². The van der Waals surface area contributed by atoms with Gasteiger partial charge in [-0.15, -0.1) is 11.3 Å². The monoisotopic (exact) mass is 245 g/mol. The molecule has 3 N–H and O–H groups in total. The molecule has 2 aromatic rings. The summed E-state index contributed by atoms with van der Waals surface area (Å²) in [5.74, 6) is 0. The first-order chi connectivity index (χ1) is 8.11. The molecular weight excluding hydrogens is 230 g/mol. The molecule has 3 heteroatoms. The normalized spacial score (nSPS) is 22.7. The minimum absolute atomic E-state index is 0.753. The summed E-state index contributed by atoms with van der Waals surface area (Å²) in [5.41, 5.74) is 9.00. The molecule has 0 saturated carbocycles. The molecule has 1 aliphatic carbocycles. The fourth-order valence-electron chi connectivity index (χ4n) is 2.77. The molecule has 3 rings (SSSR count). The molecule has 1 aromatic carbocycles. The van der Waals surface area contributed by atoms with E-state index in [1.807, 2.05) is 29.6 Å². The van der Waals surface area contributed by atoms with Crippen LogP contribution in [0.4, 0.5) is 5.69 Å². The zero-order valence-corrected chi connectivity index (χ0v) is 10.6. The Balaban J connectivity index is 2.17. The van der Waals surface area contributed by atoms with Gasteiger partial charge in [0.25, 0.3) is 0 Å². The molecule has 88 valence electrons. The van der Waals surface area contributed by atoms with E-state index < -0.39 is 5.60 Å². The Labute approximate surface area is 105 Å². The minimum atomic E-state index is -0.812. The van der Waals surface area contributed by atoms with Gasteiger partial charge in [-0.25, -0.2) is 0 Å². The summed E-state index contributed by atoms with van der Waals surface area (Å²) in [6.45, 7) is 2.06. The van der Waals surface area contributed by atoms with E-state index in [0.29, 0.717) is 0 Å². The van der Waals surface area contributed by atoms with Gasteiger partial charge in [0, 0.05) is 16.1 Å². The van der Waals surface area contributed by atoms with Crippen LogP contribution in [0.15, 0.2) is 29.6 Å². The SMILES string of the molecule is Cc1sccc1C1(O)CCc2cc(N)ccc21. The molecule has 1 heterocycles. The van der Waals surface area contributed by atoms with E-state index in [1.54, 1.807) is 11.3 Å². The number of nitrogen functional groups attached to an aromatic ring is 1. The quantitative estimate of drug-likeness (QED) is 0.759. The first-order valence-corrected chi connectivity index (χ1v) is 6.65. The molecule has 0 bridgehead atoms. The van der Waals surface area contributed by atoms with E-state index in [9.17, 15) is 5.11 Å². The fraction of sp³-hybridized carbons (Fsp3) is 0.286. The van der Waals surface area contributed by atoms with E-state index in [1.165, 1.54) is 10.4 Å². The largest absolute Gasteiger partial charge is 0.399 e. The molecule has 0 fully saturated rings. The Hall–Kier alpha value is -1.32. The number of aliphatic hydroxyl groups is 1. The van der Waals surface area contributed by atoms with Gasteiger partial charge in [0.1, 0.15) is 5.60 Å². The zero-order chi connectivity index (χ0) is 12.0. The van der Waals surface area contributed by atoms with Crippen molar-refractivity contribution in [2.45, 2.75) is 25.4 Å². The first-order valence-electron chi connectivity index (χ1n) is 5.77. The first kappa shape index (κ1) is 10.8. The van der Waals surface area contributed by atoms with Gasteiger partial charge < -0.3 is 10.8 Å². The van der Waals surface area contributed by atoms with E-state index in [-0.39, 0.29) is 0 Å². The highest BCUT2D eigenvalue weighted by Crippen LogP contribution is 2.44. The maximum Gasteiger partial charge on any atom is 0.116 e. The predicted octanol–water partition coefficient (Wildman–Crippen LogP) is 2.82. The Kier molecular flexibility index (Phi) is 2.28. The highest BCUT2D eigenvalue weighted by atomic mass is 32.1. The number of fused-ring (bicyclic) bond motifs is 1. The third-order valence-electron chi connectivity index (χ3n) is 3.64. The Morgan fingerprint density at radius 2 is 2.12 bits per heavy atom. The second-order valence-electron chi connectivity index (χ2n) is 4.67. The number of hydrogen-bond acceptors (Lipinski definition) is 3. The van der Waals surface area contributed by atoms with Crippen LogP contribution in [-0.4, -0.2) is 5.11 Å². The van der Waals surface area contributed by atoms with Crippen LogP contribution in [0.3, 0.4) is 0 Å². The average Bonchev–Trinajstić information content (AvgIpc) is 2.85. The second-order valence-corrected chi connectivity index (χ2v) is 5.79. The van der Waals surface area contributed by atoms with E-state index >= 15 is 0 Å². The number of anilines is 1. The van der Waals surface area contributed by atoms with Gasteiger partial charge in [-0.3, -0.25) is 0 Å². The van der Waals surface area contributed by atoms with Crippen molar-refractivity contribution in [1.29, 1.82) is 0 Å². The van der Waals surface area contributed by atoms with Crippen LogP contribution >= 0.6 is 11.3 Å². The van der Waals surface area contributed by atoms with Crippen molar-refractivity contribution in [3.8, 4) is 0 Å². The number of thiophene rings is 1. The predicted molar refractivity (Wildman–Crippen MR) is 71.2 cm³/mol. The van der Waals surface area contributed by atoms with Crippen LogP contribution < -0.4 is 5.73 Å². The molecule has 1 atom stereocenters. The number of benzene rings is 1. The summed E-state index contributed by atoms with van der Waals surface area (Å²) in [6.07, 6.45) is 1.65. The van der Waals surface area contributed by atoms with Crippen LogP contribution in [0.25, 0.3) is 0 Å². The Bertz CT molecular complexity index is 575. The summed E-state index contributed by atoms with van der Waals surface area (Å²) in [5, 5.41) is 13.0. The number of nitrogens with two attached hydrogens (primary N) is 1. The molecule has 0 aliphatic heterocycles. The van der Waals surface area contributed by atoms with Crippen LogP contribution in [0.5, 0.6) is 0 Å². The number of hydrogen-bond donors (Lipinski definition) is 2. The fourth-order valence-corrected chi connectivity index (χ4v) is 3.54. The van der Waals surface area contributed by atoms with Crippen molar-refractivity contribution >= 4 is 17.0 Å². The molecular formula is C14H15NOS. The lowest BCUT2D eigenvalue weighted by atomic mass is 9.88. The molecule has 1 aliphatic rings. The lowest BCUT2D eigenvalue weighted by Crippen LogP contribution is -2.24. The van der Waals surface area contributed by atoms with Crippen LogP contribution in [-0.2, 0) is 12.0 Å². The summed E-state index contributed by atoms with van der Waals surface area (Å²) in [4.78, 5) is 1.19. The maximum absolute atomic E-state index is 10.9. The average molecular weight is 245 g/mol. The minimum Gasteiger partial charge on any atom is -0.399 e. The topological polar surface area (TPSA) is 46.2 Å². The van der Waals surface area contributed by atoms with Crippen LogP contribution in [0.2, 0.25) is 0 Å². The third kappa shape index (κ3) is 1.50. The molecule has 0 radical (unpaired) electrons. The van der Waals surface area contributed by atoms with Gasteiger partial charge in [0.15, 0.2) is 0 Å². The van der Waals surface area contributed by atoms with Crippen molar-refractivity contribution in [1.82, 2.24) is 0 Å². The summed E-state index contributed by atoms with van der Waals surface area (Å²) < 4.78 is 0. The Morgan fingerprint density at radius 1 is 1.29 bits per heavy atom. The second kappa shape index (κ2) is 3.59. The number of rotatable bonds is 1. The highest BCUT2D eigenvalue weighted by Gasteiger charge is 2.39. The van der Waals surface area contributed by atoms with E-state index in [0.717, 1.165) is 29.7 Å². The Morgan fingerprint density at radius 3 is 2.82 bits per heavy atom. The standard InChI is InChI=1S/C14H15NOS/c1-9-12(5-7-17-9)14(16)6-4-10-8-11(15)2-3-13(10)14/h2-3,5,7-8,16H,4,6,15H2,1H3. The van der Waals surface area contributed by atoms with Crippen molar-refractivity contribution in [3.05, 3.63) is 51.2 Å². The molecule has 1 unspecified atom stereocenters. The lowest BCUT2D eigenvalue weighted by molar-refractivity contribution is 0.0828. The van der Waals surface area contributed by atoms with Crippen molar-refractivity contribution in [2.24, 2.45) is 0 Å². The lowest BCUT2D eigenvalue weighted by Gasteiger charge is -2.24. The maximum atomic E-state index is 10.9. The van der Waals surface area contributed by atoms with Crippen LogP contribution in [0, 0.1) is 6.92 Å². The zero-order valence-electron chi connectivity index (χ0n) is 9.73. The van der Waals surface area contributed by atoms with Crippen molar-refractivity contribution in [2.75, 3.05) is 5.73 Å². The molecule has 17 heavy (non-hydrogen) atoms. The van der Waals surface area contributed by atoms with Crippen molar-refractivity contribution < 1.29 is 5.11 Å². The molecule has 2 nitrogen and oxygen atoms in total. The summed E-state index contributed by atoms with van der Waals surface area (Å²) in [6, 6.07) is 7.85. The smallest absolute Gasteiger partial charge is 0.116 e. The highest BCUT2D eigenvalue weighted by molar-refractivity contribution is 7.10. The summed E-state index contributed by atoms with van der Waals surface area (Å²) >= 11 is 1.68. The van der Waals surface area contributed by atoms with Gasteiger partial charge in [0.05, 0.1) is 0 Å². The van der Waals surface area contributed by atoms with Gasteiger partial charge in [-0.1, -0.05) is 6.07 Å².